The number of nitrogens with zero attached hydrogens (tertiary/aromatic N) is 3. The molecule has 1 unspecified atom stereocenters. The van der Waals surface area contributed by atoms with Gasteiger partial charge in [-0.25, -0.2) is 9.98 Å². The summed E-state index contributed by atoms with van der Waals surface area (Å²) in [6, 6.07) is 13.4. The van der Waals surface area contributed by atoms with Crippen molar-refractivity contribution in [1.82, 2.24) is 9.55 Å². The Balaban J connectivity index is 2.05. The number of benzene rings is 2. The predicted octanol–water partition coefficient (Wildman–Crippen LogP) is 4.44. The summed E-state index contributed by atoms with van der Waals surface area (Å²) in [4.78, 5) is 8.95. The summed E-state index contributed by atoms with van der Waals surface area (Å²) >= 11 is 9.90. The Kier molecular flexibility index (Phi) is 3.79. The molecule has 4 rings (SSSR count). The summed E-state index contributed by atoms with van der Waals surface area (Å²) in [6.45, 7) is 1.89. The van der Waals surface area contributed by atoms with Crippen molar-refractivity contribution in [2.24, 2.45) is 4.99 Å². The molecule has 0 fully saturated rings. The van der Waals surface area contributed by atoms with Crippen molar-refractivity contribution < 1.29 is 5.11 Å². The fourth-order valence-corrected chi connectivity index (χ4v) is 3.50. The van der Waals surface area contributed by atoms with E-state index < -0.39 is 6.23 Å². The second-order valence-electron chi connectivity index (χ2n) is 5.60. The Morgan fingerprint density at radius 1 is 1.17 bits per heavy atom. The smallest absolute Gasteiger partial charge is 0.205 e. The molecule has 1 aromatic heterocycles. The Bertz CT molecular complexity index is 980. The summed E-state index contributed by atoms with van der Waals surface area (Å²) in [5, 5.41) is 11.2. The third-order valence-corrected chi connectivity index (χ3v) is 4.76. The van der Waals surface area contributed by atoms with Gasteiger partial charge in [-0.15, -0.1) is 0 Å². The maximum Gasteiger partial charge on any atom is 0.205 e. The molecule has 3 aromatic rings. The van der Waals surface area contributed by atoms with Crippen LogP contribution in [0.25, 0.3) is 5.69 Å². The molecule has 2 aromatic carbocycles. The zero-order chi connectivity index (χ0) is 16.8. The van der Waals surface area contributed by atoms with Gasteiger partial charge in [0.15, 0.2) is 5.82 Å². The van der Waals surface area contributed by atoms with Crippen LogP contribution in [-0.4, -0.2) is 20.4 Å². The first-order chi connectivity index (χ1) is 11.5. The van der Waals surface area contributed by atoms with Crippen LogP contribution in [0.3, 0.4) is 0 Å². The number of aliphatic hydroxyl groups excluding tert-OH is 1. The van der Waals surface area contributed by atoms with E-state index in [0.29, 0.717) is 16.6 Å². The lowest BCUT2D eigenvalue weighted by atomic mass is 10.0. The van der Waals surface area contributed by atoms with Crippen molar-refractivity contribution in [2.75, 3.05) is 0 Å². The number of rotatable bonds is 1. The molecule has 0 spiro atoms. The number of aliphatic imine (C=N–C) groups is 1. The lowest BCUT2D eigenvalue weighted by Crippen LogP contribution is -2.07. The van der Waals surface area contributed by atoms with Crippen LogP contribution in [0.4, 0.5) is 0 Å². The standard InChI is InChI=1S/C18H13BrClN3O/c1-10-9-23-15-7-6-11(19)8-13(15)16(22-18(24)17(23)21-10)12-4-2-3-5-14(12)20/h2-9,18,24H,1H3. The highest BCUT2D eigenvalue weighted by atomic mass is 79.9. The van der Waals surface area contributed by atoms with E-state index in [-0.39, 0.29) is 0 Å². The number of aryl methyl sites for hydroxylation is 1. The van der Waals surface area contributed by atoms with Crippen LogP contribution in [0.15, 0.2) is 58.1 Å². The van der Waals surface area contributed by atoms with Gasteiger partial charge in [-0.3, -0.25) is 4.57 Å². The van der Waals surface area contributed by atoms with Gasteiger partial charge < -0.3 is 5.11 Å². The van der Waals surface area contributed by atoms with Crippen molar-refractivity contribution in [2.45, 2.75) is 13.2 Å². The van der Waals surface area contributed by atoms with Gasteiger partial charge in [-0.05, 0) is 31.2 Å². The predicted molar refractivity (Wildman–Crippen MR) is 98.1 cm³/mol. The number of aliphatic hydroxyl groups is 1. The molecular weight excluding hydrogens is 390 g/mol. The van der Waals surface area contributed by atoms with Gasteiger partial charge in [0.25, 0.3) is 0 Å². The van der Waals surface area contributed by atoms with Gasteiger partial charge in [-0.2, -0.15) is 0 Å². The number of hydrogen-bond donors (Lipinski definition) is 1. The molecule has 0 radical (unpaired) electrons. The largest absolute Gasteiger partial charge is 0.365 e. The second kappa shape index (κ2) is 5.84. The van der Waals surface area contributed by atoms with Gasteiger partial charge in [0.1, 0.15) is 0 Å². The SMILES string of the molecule is Cc1cn2c(n1)C(O)N=C(c1ccccc1Cl)c1cc(Br)ccc1-2. The van der Waals surface area contributed by atoms with E-state index in [2.05, 4.69) is 25.9 Å². The van der Waals surface area contributed by atoms with Crippen LogP contribution in [0.1, 0.15) is 28.9 Å². The zero-order valence-corrected chi connectivity index (χ0v) is 15.1. The first-order valence-electron chi connectivity index (χ1n) is 7.41. The molecule has 120 valence electrons. The molecule has 24 heavy (non-hydrogen) atoms. The minimum atomic E-state index is -1.06. The highest BCUT2D eigenvalue weighted by molar-refractivity contribution is 9.10. The molecule has 6 heteroatoms. The van der Waals surface area contributed by atoms with Crippen molar-refractivity contribution in [3.05, 3.63) is 80.8 Å². The fourth-order valence-electron chi connectivity index (χ4n) is 2.92. The molecule has 1 aliphatic heterocycles. The lowest BCUT2D eigenvalue weighted by Gasteiger charge is -2.13. The van der Waals surface area contributed by atoms with Gasteiger partial charge in [-0.1, -0.05) is 45.7 Å². The normalized spacial score (nSPS) is 16.2. The van der Waals surface area contributed by atoms with Crippen LogP contribution in [0.2, 0.25) is 5.02 Å². The van der Waals surface area contributed by atoms with Gasteiger partial charge in [0, 0.05) is 26.8 Å². The lowest BCUT2D eigenvalue weighted by molar-refractivity contribution is 0.177. The zero-order valence-electron chi connectivity index (χ0n) is 12.7. The number of imidazole rings is 1. The van der Waals surface area contributed by atoms with E-state index in [9.17, 15) is 5.11 Å². The molecule has 1 aliphatic rings. The van der Waals surface area contributed by atoms with Crippen LogP contribution in [-0.2, 0) is 0 Å². The van der Waals surface area contributed by atoms with Crippen LogP contribution >= 0.6 is 27.5 Å². The highest BCUT2D eigenvalue weighted by Crippen LogP contribution is 2.32. The molecule has 0 bridgehead atoms. The monoisotopic (exact) mass is 401 g/mol. The van der Waals surface area contributed by atoms with Crippen LogP contribution in [0, 0.1) is 6.92 Å². The van der Waals surface area contributed by atoms with Gasteiger partial charge >= 0.3 is 0 Å². The molecule has 0 saturated carbocycles. The van der Waals surface area contributed by atoms with E-state index in [1.165, 1.54) is 0 Å². The summed E-state index contributed by atoms with van der Waals surface area (Å²) in [5.41, 5.74) is 4.04. The summed E-state index contributed by atoms with van der Waals surface area (Å²) < 4.78 is 2.81. The van der Waals surface area contributed by atoms with Gasteiger partial charge in [0.05, 0.1) is 17.1 Å². The maximum atomic E-state index is 10.6. The summed E-state index contributed by atoms with van der Waals surface area (Å²) in [5.74, 6) is 0.498. The van der Waals surface area contributed by atoms with E-state index in [0.717, 1.165) is 27.0 Å². The molecule has 0 aliphatic carbocycles. The van der Waals surface area contributed by atoms with E-state index in [1.54, 1.807) is 0 Å². The van der Waals surface area contributed by atoms with E-state index >= 15 is 0 Å². The summed E-state index contributed by atoms with van der Waals surface area (Å²) in [7, 11) is 0. The third-order valence-electron chi connectivity index (χ3n) is 3.94. The fraction of sp³-hybridized carbons (Fsp3) is 0.111. The topological polar surface area (TPSA) is 50.4 Å². The Morgan fingerprint density at radius 3 is 2.75 bits per heavy atom. The Labute approximate surface area is 152 Å². The molecular formula is C18H13BrClN3O. The molecule has 2 heterocycles. The minimum Gasteiger partial charge on any atom is -0.365 e. The quantitative estimate of drug-likeness (QED) is 0.654. The molecule has 1 atom stereocenters. The van der Waals surface area contributed by atoms with Crippen LogP contribution < -0.4 is 0 Å². The Morgan fingerprint density at radius 2 is 1.96 bits per heavy atom. The first-order valence-corrected chi connectivity index (χ1v) is 8.58. The van der Waals surface area contributed by atoms with Crippen molar-refractivity contribution in [1.29, 1.82) is 0 Å². The Hall–Kier alpha value is -1.95. The van der Waals surface area contributed by atoms with E-state index in [1.807, 2.05) is 60.2 Å². The van der Waals surface area contributed by atoms with Crippen molar-refractivity contribution in [3.63, 3.8) is 0 Å². The van der Waals surface area contributed by atoms with Crippen molar-refractivity contribution in [3.8, 4) is 5.69 Å². The first kappa shape index (κ1) is 15.6. The minimum absolute atomic E-state index is 0.498. The van der Waals surface area contributed by atoms with Crippen molar-refractivity contribution >= 4 is 33.2 Å². The van der Waals surface area contributed by atoms with E-state index in [4.69, 9.17) is 11.6 Å². The average molecular weight is 403 g/mol. The highest BCUT2D eigenvalue weighted by Gasteiger charge is 2.26. The number of halogens is 2. The number of hydrogen-bond acceptors (Lipinski definition) is 3. The molecule has 0 amide bonds. The van der Waals surface area contributed by atoms with Crippen LogP contribution in [0.5, 0.6) is 0 Å². The molecule has 0 saturated heterocycles. The number of aromatic nitrogens is 2. The molecule has 1 N–H and O–H groups in total. The third kappa shape index (κ3) is 2.49. The summed E-state index contributed by atoms with van der Waals surface area (Å²) in [6.07, 6.45) is 0.840. The second-order valence-corrected chi connectivity index (χ2v) is 6.93. The number of fused-ring (bicyclic) bond motifs is 3. The molecule has 4 nitrogen and oxygen atoms in total. The average Bonchev–Trinajstić information content (AvgIpc) is 2.90. The maximum absolute atomic E-state index is 10.6. The van der Waals surface area contributed by atoms with Gasteiger partial charge in [0.2, 0.25) is 6.23 Å².